The zero-order chi connectivity index (χ0) is 16.4. The van der Waals surface area contributed by atoms with Crippen molar-refractivity contribution in [3.05, 3.63) is 56.6 Å². The molecule has 0 bridgehead atoms. The van der Waals surface area contributed by atoms with Crippen molar-refractivity contribution in [3.63, 3.8) is 0 Å². The number of rotatable bonds is 5. The zero-order valence-electron chi connectivity index (χ0n) is 12.1. The molecule has 0 spiro atoms. The van der Waals surface area contributed by atoms with E-state index >= 15 is 0 Å². The average molecular weight is 378 g/mol. The molecule has 0 saturated heterocycles. The Bertz CT molecular complexity index is 821. The molecule has 0 amide bonds. The molecule has 0 aliphatic heterocycles. The molecule has 2 aromatic heterocycles. The van der Waals surface area contributed by atoms with E-state index < -0.39 is 4.92 Å². The van der Waals surface area contributed by atoms with Gasteiger partial charge in [-0.25, -0.2) is 0 Å². The molecular formula is C14H12BrN5O3. The van der Waals surface area contributed by atoms with E-state index in [1.165, 1.54) is 12.1 Å². The molecule has 0 radical (unpaired) electrons. The maximum absolute atomic E-state index is 10.6. The molecule has 0 aliphatic rings. The third-order valence-electron chi connectivity index (χ3n) is 3.25. The van der Waals surface area contributed by atoms with Crippen LogP contribution >= 0.6 is 15.9 Å². The summed E-state index contributed by atoms with van der Waals surface area (Å²) in [6.45, 7) is 2.54. The zero-order valence-corrected chi connectivity index (χ0v) is 13.7. The number of nitro groups is 1. The van der Waals surface area contributed by atoms with E-state index in [0.717, 1.165) is 10.2 Å². The Morgan fingerprint density at radius 3 is 2.70 bits per heavy atom. The van der Waals surface area contributed by atoms with Crippen molar-refractivity contribution in [2.24, 2.45) is 0 Å². The van der Waals surface area contributed by atoms with Crippen LogP contribution < -0.4 is 0 Å². The first kappa shape index (κ1) is 15.3. The highest BCUT2D eigenvalue weighted by molar-refractivity contribution is 9.10. The van der Waals surface area contributed by atoms with Gasteiger partial charge in [-0.1, -0.05) is 5.16 Å². The van der Waals surface area contributed by atoms with Crippen LogP contribution in [0.5, 0.6) is 0 Å². The second-order valence-corrected chi connectivity index (χ2v) is 5.75. The van der Waals surface area contributed by atoms with Gasteiger partial charge in [0, 0.05) is 36.9 Å². The van der Waals surface area contributed by atoms with Crippen LogP contribution in [0.4, 0.5) is 5.69 Å². The minimum Gasteiger partial charge on any atom is -0.339 e. The molecule has 0 unspecified atom stereocenters. The second kappa shape index (κ2) is 6.29. The minimum atomic E-state index is -0.449. The summed E-state index contributed by atoms with van der Waals surface area (Å²) < 4.78 is 7.96. The normalized spacial score (nSPS) is 10.9. The van der Waals surface area contributed by atoms with Gasteiger partial charge in [-0.2, -0.15) is 10.1 Å². The molecule has 23 heavy (non-hydrogen) atoms. The fourth-order valence-corrected chi connectivity index (χ4v) is 2.34. The first-order valence-corrected chi connectivity index (χ1v) is 7.59. The summed E-state index contributed by atoms with van der Waals surface area (Å²) in [6, 6.07) is 6.02. The number of nitrogens with zero attached hydrogens (tertiary/aromatic N) is 5. The van der Waals surface area contributed by atoms with Crippen molar-refractivity contribution >= 4 is 21.6 Å². The summed E-state index contributed by atoms with van der Waals surface area (Å²) in [6.07, 6.45) is 2.44. The molecule has 1 aromatic carbocycles. The van der Waals surface area contributed by atoms with Crippen LogP contribution in [0.25, 0.3) is 11.4 Å². The molecular weight excluding hydrogens is 366 g/mol. The molecule has 2 heterocycles. The molecule has 3 rings (SSSR count). The third kappa shape index (κ3) is 3.45. The van der Waals surface area contributed by atoms with Gasteiger partial charge in [0.05, 0.1) is 15.1 Å². The Hall–Kier alpha value is -2.55. The van der Waals surface area contributed by atoms with Crippen LogP contribution in [0.3, 0.4) is 0 Å². The Kier molecular flexibility index (Phi) is 4.20. The van der Waals surface area contributed by atoms with E-state index in [-0.39, 0.29) is 5.69 Å². The topological polar surface area (TPSA) is 99.9 Å². The van der Waals surface area contributed by atoms with Gasteiger partial charge < -0.3 is 4.52 Å². The number of halogens is 1. The van der Waals surface area contributed by atoms with Gasteiger partial charge >= 0.3 is 0 Å². The van der Waals surface area contributed by atoms with Crippen molar-refractivity contribution in [1.29, 1.82) is 0 Å². The summed E-state index contributed by atoms with van der Waals surface area (Å²) >= 11 is 3.41. The fourth-order valence-electron chi connectivity index (χ4n) is 2.02. The average Bonchev–Trinajstić information content (AvgIpc) is 3.13. The SMILES string of the molecule is Cc1nn(CCc2nc(-c3ccc([N+](=O)[O-])cc3)no2)cc1Br. The number of aromatic nitrogens is 4. The van der Waals surface area contributed by atoms with Crippen LogP contribution in [-0.4, -0.2) is 24.8 Å². The van der Waals surface area contributed by atoms with Crippen LogP contribution in [0.2, 0.25) is 0 Å². The van der Waals surface area contributed by atoms with E-state index in [0.29, 0.717) is 30.2 Å². The summed E-state index contributed by atoms with van der Waals surface area (Å²) in [5.74, 6) is 0.898. The largest absolute Gasteiger partial charge is 0.339 e. The van der Waals surface area contributed by atoms with Crippen LogP contribution in [-0.2, 0) is 13.0 Å². The quantitative estimate of drug-likeness (QED) is 0.500. The lowest BCUT2D eigenvalue weighted by atomic mass is 10.2. The monoisotopic (exact) mass is 377 g/mol. The standard InChI is InChI=1S/C14H12BrN5O3/c1-9-12(15)8-19(17-9)7-6-13-16-14(18-23-13)10-2-4-11(5-3-10)20(21)22/h2-5,8H,6-7H2,1H3. The molecule has 3 aromatic rings. The van der Waals surface area contributed by atoms with Crippen LogP contribution in [0.1, 0.15) is 11.6 Å². The predicted molar refractivity (Wildman–Crippen MR) is 84.8 cm³/mol. The first-order valence-electron chi connectivity index (χ1n) is 6.80. The van der Waals surface area contributed by atoms with Gasteiger partial charge in [0.2, 0.25) is 11.7 Å². The molecule has 8 nitrogen and oxygen atoms in total. The number of benzene rings is 1. The number of non-ortho nitro benzene ring substituents is 1. The van der Waals surface area contributed by atoms with Gasteiger partial charge in [-0.15, -0.1) is 0 Å². The van der Waals surface area contributed by atoms with Crippen molar-refractivity contribution in [3.8, 4) is 11.4 Å². The van der Waals surface area contributed by atoms with E-state index in [9.17, 15) is 10.1 Å². The molecule has 0 saturated carbocycles. The van der Waals surface area contributed by atoms with Gasteiger partial charge in [0.15, 0.2) is 0 Å². The van der Waals surface area contributed by atoms with E-state index in [1.54, 1.807) is 16.8 Å². The number of hydrogen-bond acceptors (Lipinski definition) is 6. The lowest BCUT2D eigenvalue weighted by Gasteiger charge is -1.96. The van der Waals surface area contributed by atoms with Gasteiger partial charge in [-0.3, -0.25) is 14.8 Å². The number of hydrogen-bond donors (Lipinski definition) is 0. The Labute approximate surface area is 139 Å². The van der Waals surface area contributed by atoms with E-state index in [1.807, 2.05) is 13.1 Å². The summed E-state index contributed by atoms with van der Waals surface area (Å²) in [7, 11) is 0. The highest BCUT2D eigenvalue weighted by atomic mass is 79.9. The third-order valence-corrected chi connectivity index (χ3v) is 4.02. The van der Waals surface area contributed by atoms with E-state index in [2.05, 4.69) is 31.2 Å². The van der Waals surface area contributed by atoms with Crippen molar-refractivity contribution in [2.75, 3.05) is 0 Å². The van der Waals surface area contributed by atoms with Gasteiger partial charge in [0.25, 0.3) is 5.69 Å². The fraction of sp³-hybridized carbons (Fsp3) is 0.214. The van der Waals surface area contributed by atoms with Crippen molar-refractivity contribution in [2.45, 2.75) is 19.9 Å². The first-order chi connectivity index (χ1) is 11.0. The second-order valence-electron chi connectivity index (χ2n) is 4.89. The smallest absolute Gasteiger partial charge is 0.269 e. The number of aryl methyl sites for hydroxylation is 3. The van der Waals surface area contributed by atoms with Gasteiger partial charge in [-0.05, 0) is 35.0 Å². The number of nitro benzene ring substituents is 1. The van der Waals surface area contributed by atoms with E-state index in [4.69, 9.17) is 4.52 Å². The van der Waals surface area contributed by atoms with Crippen LogP contribution in [0, 0.1) is 17.0 Å². The molecule has 0 aliphatic carbocycles. The van der Waals surface area contributed by atoms with Crippen LogP contribution in [0.15, 0.2) is 39.5 Å². The maximum Gasteiger partial charge on any atom is 0.269 e. The summed E-state index contributed by atoms with van der Waals surface area (Å²) in [4.78, 5) is 14.5. The highest BCUT2D eigenvalue weighted by Gasteiger charge is 2.11. The lowest BCUT2D eigenvalue weighted by Crippen LogP contribution is -2.02. The lowest BCUT2D eigenvalue weighted by molar-refractivity contribution is -0.384. The minimum absolute atomic E-state index is 0.0251. The Morgan fingerprint density at radius 2 is 2.09 bits per heavy atom. The predicted octanol–water partition coefficient (Wildman–Crippen LogP) is 3.15. The Balaban J connectivity index is 1.68. The molecule has 0 atom stereocenters. The maximum atomic E-state index is 10.6. The molecule has 0 fully saturated rings. The summed E-state index contributed by atoms with van der Waals surface area (Å²) in [5, 5.41) is 18.9. The van der Waals surface area contributed by atoms with Gasteiger partial charge in [0.1, 0.15) is 0 Å². The molecule has 0 N–H and O–H groups in total. The highest BCUT2D eigenvalue weighted by Crippen LogP contribution is 2.20. The van der Waals surface area contributed by atoms with Crippen molar-refractivity contribution in [1.82, 2.24) is 19.9 Å². The molecule has 9 heteroatoms. The van der Waals surface area contributed by atoms with Crippen molar-refractivity contribution < 1.29 is 9.45 Å². The summed E-state index contributed by atoms with van der Waals surface area (Å²) in [5.41, 5.74) is 1.61. The Morgan fingerprint density at radius 1 is 1.35 bits per heavy atom. The molecule has 118 valence electrons.